The van der Waals surface area contributed by atoms with Crippen LogP contribution in [0.25, 0.3) is 0 Å². The Balaban J connectivity index is 1.77. The molecule has 9 heteroatoms. The lowest BCUT2D eigenvalue weighted by Crippen LogP contribution is -2.53. The highest BCUT2D eigenvalue weighted by atomic mass is 19.4. The molecule has 2 rings (SSSR count). The van der Waals surface area contributed by atoms with Crippen LogP contribution in [0.2, 0.25) is 0 Å². The third-order valence-corrected chi connectivity index (χ3v) is 3.72. The molecule has 0 saturated carbocycles. The number of nitrogens with zero attached hydrogens (tertiary/aromatic N) is 2. The number of aliphatic hydroxyl groups is 1. The Morgan fingerprint density at radius 1 is 1.19 bits per heavy atom. The molecule has 0 bridgehead atoms. The third-order valence-electron chi connectivity index (χ3n) is 3.72. The molecular formula is C12H19F3N2O4. The van der Waals surface area contributed by atoms with Crippen molar-refractivity contribution < 1.29 is 32.6 Å². The lowest BCUT2D eigenvalue weighted by atomic mass is 9.91. The summed E-state index contributed by atoms with van der Waals surface area (Å²) in [7, 11) is 0. The molecule has 2 aliphatic rings. The van der Waals surface area contributed by atoms with Crippen molar-refractivity contribution in [3.63, 3.8) is 0 Å². The summed E-state index contributed by atoms with van der Waals surface area (Å²) < 4.78 is 41.5. The molecular weight excluding hydrogens is 293 g/mol. The third kappa shape index (κ3) is 4.80. The zero-order valence-corrected chi connectivity index (χ0v) is 11.6. The summed E-state index contributed by atoms with van der Waals surface area (Å²) in [5.74, 6) is -2.22. The lowest BCUT2D eigenvalue weighted by Gasteiger charge is -2.40. The van der Waals surface area contributed by atoms with Crippen LogP contribution >= 0.6 is 0 Å². The first-order valence-corrected chi connectivity index (χ1v) is 6.85. The summed E-state index contributed by atoms with van der Waals surface area (Å²) >= 11 is 0. The van der Waals surface area contributed by atoms with Crippen LogP contribution in [0.3, 0.4) is 0 Å². The summed E-state index contributed by atoms with van der Waals surface area (Å²) in [4.78, 5) is 17.1. The standard InChI is InChI=1S/C12H19F3N2O4/c13-12(14,15)10(18)21-17-3-1-11(19,2-4-17)9-16-5-7-20-8-6-16/h19H,1-9H2. The number of rotatable bonds is 3. The van der Waals surface area contributed by atoms with Crippen molar-refractivity contribution in [3.8, 4) is 0 Å². The lowest BCUT2D eigenvalue weighted by molar-refractivity contribution is -0.247. The van der Waals surface area contributed by atoms with Gasteiger partial charge in [0, 0.05) is 32.7 Å². The zero-order valence-electron chi connectivity index (χ0n) is 11.6. The monoisotopic (exact) mass is 312 g/mol. The van der Waals surface area contributed by atoms with E-state index in [2.05, 4.69) is 9.74 Å². The van der Waals surface area contributed by atoms with Gasteiger partial charge in [0.2, 0.25) is 0 Å². The van der Waals surface area contributed by atoms with Gasteiger partial charge in [-0.3, -0.25) is 4.90 Å². The van der Waals surface area contributed by atoms with Crippen LogP contribution < -0.4 is 0 Å². The highest BCUT2D eigenvalue weighted by molar-refractivity contribution is 5.75. The second-order valence-electron chi connectivity index (χ2n) is 5.42. The molecule has 0 aromatic rings. The number of halogens is 3. The van der Waals surface area contributed by atoms with Crippen molar-refractivity contribution in [2.24, 2.45) is 0 Å². The van der Waals surface area contributed by atoms with Gasteiger partial charge in [0.15, 0.2) is 0 Å². The van der Waals surface area contributed by atoms with Gasteiger partial charge < -0.3 is 14.7 Å². The largest absolute Gasteiger partial charge is 0.492 e. The predicted molar refractivity (Wildman–Crippen MR) is 65.2 cm³/mol. The molecule has 21 heavy (non-hydrogen) atoms. The van der Waals surface area contributed by atoms with Crippen LogP contribution in [0.1, 0.15) is 12.8 Å². The minimum absolute atomic E-state index is 0.0860. The maximum atomic E-state index is 12.1. The van der Waals surface area contributed by atoms with Gasteiger partial charge in [0.05, 0.1) is 18.8 Å². The number of hydrogen-bond donors (Lipinski definition) is 1. The molecule has 0 atom stereocenters. The van der Waals surface area contributed by atoms with Crippen LogP contribution in [-0.4, -0.2) is 78.8 Å². The number of piperidine rings is 1. The maximum Gasteiger partial charge on any atom is 0.492 e. The fourth-order valence-corrected chi connectivity index (χ4v) is 2.50. The van der Waals surface area contributed by atoms with Crippen molar-refractivity contribution >= 4 is 5.97 Å². The van der Waals surface area contributed by atoms with Crippen molar-refractivity contribution in [2.75, 3.05) is 45.9 Å². The van der Waals surface area contributed by atoms with Crippen molar-refractivity contribution in [3.05, 3.63) is 0 Å². The molecule has 0 unspecified atom stereocenters. The van der Waals surface area contributed by atoms with Gasteiger partial charge in [0.25, 0.3) is 0 Å². The average Bonchev–Trinajstić information content (AvgIpc) is 2.41. The van der Waals surface area contributed by atoms with E-state index in [1.165, 1.54) is 0 Å². The molecule has 0 radical (unpaired) electrons. The van der Waals surface area contributed by atoms with Crippen LogP contribution in [-0.2, 0) is 14.4 Å². The number of carbonyl (C=O) groups excluding carboxylic acids is 1. The van der Waals surface area contributed by atoms with Gasteiger partial charge in [-0.2, -0.15) is 13.2 Å². The van der Waals surface area contributed by atoms with E-state index in [1.807, 2.05) is 0 Å². The Hall–Kier alpha value is -0.900. The van der Waals surface area contributed by atoms with Crippen LogP contribution in [0.4, 0.5) is 13.2 Å². The Morgan fingerprint density at radius 3 is 2.29 bits per heavy atom. The molecule has 0 aliphatic carbocycles. The van der Waals surface area contributed by atoms with E-state index < -0.39 is 17.7 Å². The summed E-state index contributed by atoms with van der Waals surface area (Å²) in [6, 6.07) is 0. The summed E-state index contributed by atoms with van der Waals surface area (Å²) in [6.07, 6.45) is -4.48. The van der Waals surface area contributed by atoms with Gasteiger partial charge in [-0.25, -0.2) is 4.79 Å². The van der Waals surface area contributed by atoms with E-state index in [0.29, 0.717) is 19.8 Å². The van der Waals surface area contributed by atoms with Gasteiger partial charge in [-0.15, -0.1) is 5.06 Å². The number of alkyl halides is 3. The Morgan fingerprint density at radius 2 is 1.76 bits per heavy atom. The number of carbonyl (C=O) groups is 1. The normalized spacial score (nSPS) is 24.8. The minimum Gasteiger partial charge on any atom is -0.388 e. The van der Waals surface area contributed by atoms with Crippen LogP contribution in [0.5, 0.6) is 0 Å². The van der Waals surface area contributed by atoms with Crippen molar-refractivity contribution in [1.29, 1.82) is 0 Å². The first kappa shape index (κ1) is 16.5. The highest BCUT2D eigenvalue weighted by Gasteiger charge is 2.44. The van der Waals surface area contributed by atoms with Crippen LogP contribution in [0.15, 0.2) is 0 Å². The molecule has 2 aliphatic heterocycles. The molecule has 2 fully saturated rings. The zero-order chi connectivity index (χ0) is 15.5. The summed E-state index contributed by atoms with van der Waals surface area (Å²) in [6.45, 7) is 3.32. The Bertz CT molecular complexity index is 364. The van der Waals surface area contributed by atoms with E-state index in [-0.39, 0.29) is 25.9 Å². The number of ether oxygens (including phenoxy) is 1. The summed E-state index contributed by atoms with van der Waals surface area (Å²) in [5.41, 5.74) is -0.960. The molecule has 2 saturated heterocycles. The molecule has 0 spiro atoms. The second kappa shape index (κ2) is 6.47. The second-order valence-corrected chi connectivity index (χ2v) is 5.42. The maximum absolute atomic E-state index is 12.1. The number of hydroxylamine groups is 2. The van der Waals surface area contributed by atoms with Gasteiger partial charge in [-0.05, 0) is 12.8 Å². The molecule has 122 valence electrons. The topological polar surface area (TPSA) is 62.2 Å². The van der Waals surface area contributed by atoms with Gasteiger partial charge in [0.1, 0.15) is 0 Å². The quantitative estimate of drug-likeness (QED) is 0.801. The summed E-state index contributed by atoms with van der Waals surface area (Å²) in [5, 5.41) is 11.4. The number of morpholine rings is 1. The van der Waals surface area contributed by atoms with Crippen molar-refractivity contribution in [1.82, 2.24) is 9.96 Å². The number of hydrogen-bond acceptors (Lipinski definition) is 6. The fraction of sp³-hybridized carbons (Fsp3) is 0.917. The molecule has 0 aromatic heterocycles. The van der Waals surface area contributed by atoms with Gasteiger partial charge in [-0.1, -0.05) is 0 Å². The molecule has 6 nitrogen and oxygen atoms in total. The molecule has 0 aromatic carbocycles. The van der Waals surface area contributed by atoms with Crippen molar-refractivity contribution in [2.45, 2.75) is 24.6 Å². The number of β-amino-alcohol motifs (C(OH)–C–C–N with tert-alkyl or cyclic N) is 1. The first-order valence-electron chi connectivity index (χ1n) is 6.85. The van der Waals surface area contributed by atoms with E-state index in [1.54, 1.807) is 0 Å². The highest BCUT2D eigenvalue weighted by Crippen LogP contribution is 2.25. The molecule has 2 heterocycles. The smallest absolute Gasteiger partial charge is 0.388 e. The Labute approximate surface area is 120 Å². The van der Waals surface area contributed by atoms with E-state index in [9.17, 15) is 23.1 Å². The fourth-order valence-electron chi connectivity index (χ4n) is 2.50. The SMILES string of the molecule is O=C(ON1CCC(O)(CN2CCOCC2)CC1)C(F)(F)F. The van der Waals surface area contributed by atoms with E-state index >= 15 is 0 Å². The molecule has 0 amide bonds. The first-order chi connectivity index (χ1) is 9.78. The van der Waals surface area contributed by atoms with Gasteiger partial charge >= 0.3 is 12.1 Å². The molecule has 1 N–H and O–H groups in total. The van der Waals surface area contributed by atoms with E-state index in [4.69, 9.17) is 4.74 Å². The Kier molecular flexibility index (Phi) is 5.07. The van der Waals surface area contributed by atoms with Crippen LogP contribution in [0, 0.1) is 0 Å². The van der Waals surface area contributed by atoms with E-state index in [0.717, 1.165) is 18.2 Å². The minimum atomic E-state index is -5.00. The average molecular weight is 312 g/mol. The predicted octanol–water partition coefficient (Wildman–Crippen LogP) is 0.166.